The molecule has 1 aliphatic rings. The quantitative estimate of drug-likeness (QED) is 0.240. The molecule has 12 nitrogen and oxygen atoms in total. The van der Waals surface area contributed by atoms with Crippen molar-refractivity contribution in [3.63, 3.8) is 0 Å². The van der Waals surface area contributed by atoms with Crippen molar-refractivity contribution in [1.29, 1.82) is 0 Å². The summed E-state index contributed by atoms with van der Waals surface area (Å²) in [6.07, 6.45) is 1.25. The second kappa shape index (κ2) is 16.5. The van der Waals surface area contributed by atoms with E-state index in [9.17, 15) is 19.2 Å². The molecule has 1 aromatic carbocycles. The number of nitrogens with one attached hydrogen (secondary N) is 2. The van der Waals surface area contributed by atoms with Gasteiger partial charge in [0.2, 0.25) is 17.7 Å². The fraction of sp³-hybridized carbons (Fsp3) is 0.567. The third-order valence-corrected chi connectivity index (χ3v) is 7.87. The van der Waals surface area contributed by atoms with Crippen molar-refractivity contribution in [2.45, 2.75) is 59.2 Å². The molecule has 3 rings (SSSR count). The molecule has 1 unspecified atom stereocenters. The van der Waals surface area contributed by atoms with Crippen LogP contribution in [0.2, 0.25) is 0 Å². The van der Waals surface area contributed by atoms with Crippen LogP contribution in [0.25, 0.3) is 10.4 Å². The fourth-order valence-corrected chi connectivity index (χ4v) is 5.45. The number of likely N-dealkylation sites (tertiary alicyclic amines) is 1. The van der Waals surface area contributed by atoms with Crippen molar-refractivity contribution in [2.24, 2.45) is 5.41 Å². The molecule has 236 valence electrons. The smallest absolute Gasteiger partial charge is 0.329 e. The van der Waals surface area contributed by atoms with Crippen molar-refractivity contribution in [2.75, 3.05) is 46.2 Å². The monoisotopic (exact) mass is 618 g/mol. The first-order valence-electron chi connectivity index (χ1n) is 14.3. The number of aryl methyl sites for hydroxylation is 1. The first-order chi connectivity index (χ1) is 20.5. The molecule has 13 heteroatoms. The average molecular weight is 619 g/mol. The Morgan fingerprint density at radius 3 is 2.30 bits per heavy atom. The molecule has 0 radical (unpaired) electrons. The third-order valence-electron chi connectivity index (χ3n) is 6.89. The van der Waals surface area contributed by atoms with Crippen LogP contribution in [0.3, 0.4) is 0 Å². The minimum Gasteiger partial charge on any atom is -0.480 e. The lowest BCUT2D eigenvalue weighted by atomic mass is 9.85. The predicted octanol–water partition coefficient (Wildman–Crippen LogP) is 2.39. The van der Waals surface area contributed by atoms with Crippen molar-refractivity contribution < 1.29 is 38.5 Å². The topological polar surface area (TPSA) is 156 Å². The highest BCUT2D eigenvalue weighted by Gasteiger charge is 2.41. The Morgan fingerprint density at radius 1 is 1.05 bits per heavy atom. The molecular weight excluding hydrogens is 576 g/mol. The lowest BCUT2D eigenvalue weighted by molar-refractivity contribution is -0.144. The Bertz CT molecular complexity index is 1230. The third kappa shape index (κ3) is 10.7. The van der Waals surface area contributed by atoms with Crippen LogP contribution in [-0.2, 0) is 39.9 Å². The number of ether oxygens (including phenoxy) is 3. The van der Waals surface area contributed by atoms with Crippen LogP contribution in [0.1, 0.15) is 44.9 Å². The second-order valence-electron chi connectivity index (χ2n) is 11.3. The Labute approximate surface area is 256 Å². The van der Waals surface area contributed by atoms with Gasteiger partial charge in [0.1, 0.15) is 25.3 Å². The van der Waals surface area contributed by atoms with E-state index in [1.165, 1.54) is 0 Å². The summed E-state index contributed by atoms with van der Waals surface area (Å²) < 4.78 is 15.5. The number of carbonyl (C=O) groups excluding carboxylic acids is 3. The van der Waals surface area contributed by atoms with E-state index < -0.39 is 29.4 Å². The molecule has 1 aliphatic heterocycles. The second-order valence-corrected chi connectivity index (χ2v) is 12.2. The van der Waals surface area contributed by atoms with Crippen LogP contribution in [-0.4, -0.2) is 97.0 Å². The number of carbonyl (C=O) groups is 4. The summed E-state index contributed by atoms with van der Waals surface area (Å²) in [7, 11) is 0. The Kier molecular flexibility index (Phi) is 13.1. The van der Waals surface area contributed by atoms with Gasteiger partial charge in [-0.25, -0.2) is 9.78 Å². The number of benzene rings is 1. The molecule has 2 heterocycles. The molecule has 3 amide bonds. The maximum Gasteiger partial charge on any atom is 0.329 e. The molecule has 0 aliphatic carbocycles. The zero-order chi connectivity index (χ0) is 31.4. The summed E-state index contributed by atoms with van der Waals surface area (Å²) in [6.45, 7) is 8.37. The lowest BCUT2D eigenvalue weighted by Gasteiger charge is -2.35. The van der Waals surface area contributed by atoms with E-state index in [0.29, 0.717) is 25.9 Å². The normalized spacial score (nSPS) is 15.7. The molecule has 0 spiro atoms. The number of hydrogen-bond donors (Lipinski definition) is 3. The van der Waals surface area contributed by atoms with Crippen LogP contribution >= 0.6 is 11.3 Å². The molecular formula is C30H42N4O8S. The number of rotatable bonds is 16. The lowest BCUT2D eigenvalue weighted by Crippen LogP contribution is -2.58. The summed E-state index contributed by atoms with van der Waals surface area (Å²) in [6, 6.07) is 6.52. The van der Waals surface area contributed by atoms with Gasteiger partial charge in [-0.2, -0.15) is 0 Å². The average Bonchev–Trinajstić information content (AvgIpc) is 3.62. The van der Waals surface area contributed by atoms with E-state index in [1.807, 2.05) is 57.5 Å². The minimum atomic E-state index is -1.05. The highest BCUT2D eigenvalue weighted by molar-refractivity contribution is 7.13. The fourth-order valence-electron chi connectivity index (χ4n) is 4.64. The van der Waals surface area contributed by atoms with Gasteiger partial charge < -0.3 is 34.9 Å². The summed E-state index contributed by atoms with van der Waals surface area (Å²) in [4.78, 5) is 56.9. The molecule has 2 atom stereocenters. The molecule has 1 saturated heterocycles. The molecule has 0 bridgehead atoms. The molecule has 3 N–H and O–H groups in total. The van der Waals surface area contributed by atoms with E-state index in [2.05, 4.69) is 15.6 Å². The van der Waals surface area contributed by atoms with Gasteiger partial charge >= 0.3 is 5.97 Å². The summed E-state index contributed by atoms with van der Waals surface area (Å²) >= 11 is 1.59. The Morgan fingerprint density at radius 2 is 1.70 bits per heavy atom. The number of thiazole rings is 1. The van der Waals surface area contributed by atoms with Gasteiger partial charge in [-0.1, -0.05) is 45.0 Å². The van der Waals surface area contributed by atoms with Crippen LogP contribution in [0.15, 0.2) is 29.8 Å². The maximum atomic E-state index is 13.7. The van der Waals surface area contributed by atoms with Crippen LogP contribution in [0.5, 0.6) is 0 Å². The van der Waals surface area contributed by atoms with Crippen molar-refractivity contribution in [3.8, 4) is 10.4 Å². The van der Waals surface area contributed by atoms with Gasteiger partial charge in [0.15, 0.2) is 0 Å². The van der Waals surface area contributed by atoms with Gasteiger partial charge in [0, 0.05) is 13.1 Å². The summed E-state index contributed by atoms with van der Waals surface area (Å²) in [5.74, 6) is -2.02. The zero-order valence-electron chi connectivity index (χ0n) is 25.2. The number of hydrogen-bond acceptors (Lipinski definition) is 9. The number of aromatic nitrogens is 1. The van der Waals surface area contributed by atoms with Crippen LogP contribution < -0.4 is 10.6 Å². The Hall–Kier alpha value is -3.39. The van der Waals surface area contributed by atoms with Crippen molar-refractivity contribution in [3.05, 3.63) is 41.0 Å². The zero-order valence-corrected chi connectivity index (χ0v) is 26.0. The largest absolute Gasteiger partial charge is 0.480 e. The first-order valence-corrected chi connectivity index (χ1v) is 15.2. The minimum absolute atomic E-state index is 0.137. The highest BCUT2D eigenvalue weighted by Crippen LogP contribution is 2.28. The van der Waals surface area contributed by atoms with Gasteiger partial charge in [-0.3, -0.25) is 14.4 Å². The highest BCUT2D eigenvalue weighted by atomic mass is 32.1. The van der Waals surface area contributed by atoms with E-state index in [-0.39, 0.29) is 51.5 Å². The molecule has 2 aromatic rings. The number of nitrogens with zero attached hydrogens (tertiary/aromatic N) is 2. The number of carboxylic acids is 1. The molecule has 43 heavy (non-hydrogen) atoms. The number of carboxylic acid groups (broad SMARTS) is 1. The molecule has 1 fully saturated rings. The van der Waals surface area contributed by atoms with E-state index in [4.69, 9.17) is 19.3 Å². The van der Waals surface area contributed by atoms with Crippen LogP contribution in [0, 0.1) is 12.3 Å². The summed E-state index contributed by atoms with van der Waals surface area (Å²) in [5, 5.41) is 14.3. The first kappa shape index (κ1) is 34.1. The van der Waals surface area contributed by atoms with Gasteiger partial charge in [-0.15, -0.1) is 11.3 Å². The van der Waals surface area contributed by atoms with E-state index in [1.54, 1.807) is 16.2 Å². The Balaban J connectivity index is 1.47. The predicted molar refractivity (Wildman–Crippen MR) is 160 cm³/mol. The van der Waals surface area contributed by atoms with Crippen molar-refractivity contribution in [1.82, 2.24) is 20.5 Å². The molecule has 1 aromatic heterocycles. The van der Waals surface area contributed by atoms with E-state index in [0.717, 1.165) is 21.7 Å². The van der Waals surface area contributed by atoms with Gasteiger partial charge in [0.25, 0.3) is 0 Å². The SMILES string of the molecule is Cc1ncsc1-c1ccc(CNC(=O)[C@@H]2CCCN2C(=O)C(NC(=O)COCCOCCOCC(=O)O)C(C)(C)C)cc1. The number of aliphatic carboxylic acids is 1. The maximum absolute atomic E-state index is 13.7. The molecule has 0 saturated carbocycles. The van der Waals surface area contributed by atoms with Gasteiger partial charge in [0.05, 0.1) is 42.5 Å². The van der Waals surface area contributed by atoms with Crippen molar-refractivity contribution >= 4 is 35.0 Å². The van der Waals surface area contributed by atoms with E-state index >= 15 is 0 Å². The standard InChI is InChI=1S/C30H42N4O8S/c1-20-26(43-19-32-20)22-9-7-21(8-10-22)16-31-28(38)23-6-5-11-34(23)29(39)27(30(2,3)4)33-24(35)17-41-14-12-40-13-15-42-18-25(36)37/h7-10,19,23,27H,5-6,11-18H2,1-4H3,(H,31,38)(H,33,35)(H,36,37)/t23-,27?/m0/s1. The number of amides is 3. The van der Waals surface area contributed by atoms with Crippen LogP contribution in [0.4, 0.5) is 0 Å². The van der Waals surface area contributed by atoms with Gasteiger partial charge in [-0.05, 0) is 36.3 Å². The summed E-state index contributed by atoms with van der Waals surface area (Å²) in [5.41, 5.74) is 4.23.